The third kappa shape index (κ3) is 18.1. The van der Waals surface area contributed by atoms with Gasteiger partial charge in [0.15, 0.2) is 15.2 Å². The van der Waals surface area contributed by atoms with Crippen molar-refractivity contribution in [3.8, 4) is 0 Å². The van der Waals surface area contributed by atoms with Crippen molar-refractivity contribution >= 4 is 15.2 Å². The summed E-state index contributed by atoms with van der Waals surface area (Å²) in [5.41, 5.74) is 2.18. The molecule has 0 bridgehead atoms. The molecular weight excluding hydrogens is 307 g/mol. The largest absolute Gasteiger partial charge is 0.283 e. The van der Waals surface area contributed by atoms with Crippen molar-refractivity contribution in [1.29, 1.82) is 0 Å². The van der Waals surface area contributed by atoms with Gasteiger partial charge >= 0.3 is 0 Å². The fraction of sp³-hybridized carbons (Fsp3) is 0.857. The van der Waals surface area contributed by atoms with Crippen molar-refractivity contribution in [2.24, 2.45) is 0 Å². The zero-order chi connectivity index (χ0) is 17.9. The van der Waals surface area contributed by atoms with Crippen molar-refractivity contribution in [1.82, 2.24) is 10.2 Å². The van der Waals surface area contributed by atoms with Crippen molar-refractivity contribution in [3.63, 3.8) is 0 Å². The number of H-pyrrole nitrogens is 1. The van der Waals surface area contributed by atoms with E-state index in [-0.39, 0.29) is 0 Å². The number of rotatable bonds is 14. The van der Waals surface area contributed by atoms with Gasteiger partial charge in [-0.25, -0.2) is 0 Å². The highest BCUT2D eigenvalue weighted by Gasteiger charge is 1.95. The third-order valence-corrected chi connectivity index (χ3v) is 5.99. The van der Waals surface area contributed by atoms with Gasteiger partial charge < -0.3 is 0 Å². The molecule has 0 aliphatic carbocycles. The normalized spacial score (nSPS) is 10.3. The van der Waals surface area contributed by atoms with Crippen LogP contribution in [0.15, 0.2) is 6.07 Å². The molecule has 1 heterocycles. The molecule has 0 aromatic carbocycles. The summed E-state index contributed by atoms with van der Waals surface area (Å²) in [5.74, 6) is 0. The maximum Gasteiger partial charge on any atom is 0.199 e. The molecule has 0 saturated heterocycles. The van der Waals surface area contributed by atoms with E-state index < -0.39 is 0 Å². The van der Waals surface area contributed by atoms with Crippen LogP contribution in [0.1, 0.15) is 102 Å². The first-order chi connectivity index (χ1) is 11.7. The molecule has 0 fully saturated rings. The summed E-state index contributed by atoms with van der Waals surface area (Å²) >= 11 is 0.794. The number of aromatic nitrogens is 2. The minimum Gasteiger partial charge on any atom is -0.283 e. The lowest BCUT2D eigenvalue weighted by Gasteiger charge is -2.01. The maximum absolute atomic E-state index is 3.89. The van der Waals surface area contributed by atoms with Gasteiger partial charge in [-0.2, -0.15) is 5.10 Å². The van der Waals surface area contributed by atoms with E-state index in [1.807, 2.05) is 19.9 Å². The Morgan fingerprint density at radius 1 is 0.750 bits per heavy atom. The number of unbranched alkanes of at least 4 members (excludes halogenated alkanes) is 10. The van der Waals surface area contributed by atoms with E-state index >= 15 is 0 Å². The minimum atomic E-state index is 0.794. The highest BCUT2D eigenvalue weighted by Crippen LogP contribution is 2.10. The van der Waals surface area contributed by atoms with Crippen LogP contribution in [0.5, 0.6) is 0 Å². The van der Waals surface area contributed by atoms with Crippen LogP contribution in [0.25, 0.3) is 0 Å². The SMILES string of the molecule is CCCCCCC[CH2][Al][CH2]CCCCCCC.Cc1cc(C)[nH]n1. The Morgan fingerprint density at radius 3 is 1.54 bits per heavy atom. The van der Waals surface area contributed by atoms with E-state index in [2.05, 4.69) is 24.0 Å². The summed E-state index contributed by atoms with van der Waals surface area (Å²) < 4.78 is 0. The van der Waals surface area contributed by atoms with Gasteiger partial charge in [-0.3, -0.25) is 5.10 Å². The molecule has 1 radical (unpaired) electrons. The van der Waals surface area contributed by atoms with Gasteiger partial charge in [0.25, 0.3) is 0 Å². The van der Waals surface area contributed by atoms with Gasteiger partial charge in [-0.1, -0.05) is 90.9 Å². The number of hydrogen-bond acceptors (Lipinski definition) is 1. The zero-order valence-corrected chi connectivity index (χ0v) is 18.2. The van der Waals surface area contributed by atoms with Crippen molar-refractivity contribution in [2.75, 3.05) is 0 Å². The topological polar surface area (TPSA) is 28.7 Å². The molecule has 3 heteroatoms. The van der Waals surface area contributed by atoms with Gasteiger partial charge in [0, 0.05) is 5.69 Å². The number of nitrogens with zero attached hydrogens (tertiary/aromatic N) is 1. The molecule has 0 saturated carbocycles. The molecule has 0 atom stereocenters. The molecule has 1 rings (SSSR count). The van der Waals surface area contributed by atoms with Crippen molar-refractivity contribution in [2.45, 2.75) is 115 Å². The summed E-state index contributed by atoms with van der Waals surface area (Å²) in [6.07, 6.45) is 17.6. The van der Waals surface area contributed by atoms with Gasteiger partial charge in [-0.15, -0.1) is 10.6 Å². The molecular formula is C21H42AlN2. The summed E-state index contributed by atoms with van der Waals surface area (Å²) in [6.45, 7) is 8.54. The second-order valence-corrected chi connectivity index (χ2v) is 8.83. The quantitative estimate of drug-likeness (QED) is 0.277. The molecule has 1 aromatic heterocycles. The van der Waals surface area contributed by atoms with E-state index in [1.54, 1.807) is 10.6 Å². The molecule has 1 aromatic rings. The van der Waals surface area contributed by atoms with Crippen molar-refractivity contribution in [3.05, 3.63) is 17.5 Å². The first-order valence-electron chi connectivity index (χ1n) is 10.5. The average Bonchev–Trinajstić information content (AvgIpc) is 2.95. The highest BCUT2D eigenvalue weighted by molar-refractivity contribution is 6.35. The van der Waals surface area contributed by atoms with Gasteiger partial charge in [0.05, 0.1) is 5.69 Å². The van der Waals surface area contributed by atoms with E-state index in [9.17, 15) is 0 Å². The summed E-state index contributed by atoms with van der Waals surface area (Å²) in [7, 11) is 0. The fourth-order valence-corrected chi connectivity index (χ4v) is 4.28. The van der Waals surface area contributed by atoms with E-state index in [1.165, 1.54) is 77.0 Å². The lowest BCUT2D eigenvalue weighted by Crippen LogP contribution is -1.90. The van der Waals surface area contributed by atoms with Crippen LogP contribution in [0.4, 0.5) is 0 Å². The Hall–Kier alpha value is -0.258. The highest BCUT2D eigenvalue weighted by atomic mass is 27.1. The monoisotopic (exact) mass is 349 g/mol. The Labute approximate surface area is 158 Å². The van der Waals surface area contributed by atoms with Crippen LogP contribution in [0.2, 0.25) is 10.6 Å². The fourth-order valence-electron chi connectivity index (χ4n) is 2.84. The van der Waals surface area contributed by atoms with Crippen LogP contribution in [0, 0.1) is 13.8 Å². The number of nitrogens with one attached hydrogen (secondary N) is 1. The van der Waals surface area contributed by atoms with E-state index in [4.69, 9.17) is 0 Å². The Kier molecular flexibility index (Phi) is 18.9. The maximum atomic E-state index is 3.89. The summed E-state index contributed by atoms with van der Waals surface area (Å²) in [4.78, 5) is 0. The molecule has 24 heavy (non-hydrogen) atoms. The third-order valence-electron chi connectivity index (χ3n) is 4.36. The van der Waals surface area contributed by atoms with E-state index in [0.717, 1.165) is 26.6 Å². The lowest BCUT2D eigenvalue weighted by molar-refractivity contribution is 0.618. The Balaban J connectivity index is 0.000000620. The zero-order valence-electron chi connectivity index (χ0n) is 17.0. The van der Waals surface area contributed by atoms with E-state index in [0.29, 0.717) is 0 Å². The first kappa shape index (κ1) is 23.7. The molecule has 0 aliphatic rings. The van der Waals surface area contributed by atoms with Crippen LogP contribution in [-0.4, -0.2) is 25.4 Å². The lowest BCUT2D eigenvalue weighted by atomic mass is 10.1. The molecule has 0 aliphatic heterocycles. The second-order valence-electron chi connectivity index (χ2n) is 7.09. The van der Waals surface area contributed by atoms with Crippen LogP contribution >= 0.6 is 0 Å². The smallest absolute Gasteiger partial charge is 0.199 e. The van der Waals surface area contributed by atoms with Gasteiger partial charge in [0.1, 0.15) is 0 Å². The predicted molar refractivity (Wildman–Crippen MR) is 110 cm³/mol. The second kappa shape index (κ2) is 19.1. The molecule has 0 unspecified atom stereocenters. The molecule has 0 amide bonds. The van der Waals surface area contributed by atoms with Gasteiger partial charge in [-0.05, 0) is 19.9 Å². The Morgan fingerprint density at radius 2 is 1.21 bits per heavy atom. The standard InChI is InChI=1S/2C8H17.C5H8N2.Al/c2*1-3-5-7-8-6-4-2;1-4-3-5(2)7-6-4;/h2*1,3-8H2,2H3;3H,1-2H3,(H,6,7);. The van der Waals surface area contributed by atoms with Gasteiger partial charge in [0.2, 0.25) is 0 Å². The molecule has 0 spiro atoms. The summed E-state index contributed by atoms with van der Waals surface area (Å²) in [5, 5.41) is 9.85. The van der Waals surface area contributed by atoms with Crippen molar-refractivity contribution < 1.29 is 0 Å². The number of hydrogen-bond donors (Lipinski definition) is 1. The predicted octanol–water partition coefficient (Wildman–Crippen LogP) is 7.27. The molecule has 1 N–H and O–H groups in total. The van der Waals surface area contributed by atoms with Crippen LogP contribution < -0.4 is 0 Å². The van der Waals surface area contributed by atoms with Crippen LogP contribution in [0.3, 0.4) is 0 Å². The summed E-state index contributed by atoms with van der Waals surface area (Å²) in [6, 6.07) is 2.00. The Bertz CT molecular complexity index is 319. The molecule has 2 nitrogen and oxygen atoms in total. The first-order valence-corrected chi connectivity index (χ1v) is 12.1. The molecule has 139 valence electrons. The van der Waals surface area contributed by atoms with Crippen LogP contribution in [-0.2, 0) is 0 Å². The number of aryl methyl sites for hydroxylation is 2. The number of aromatic amines is 1. The average molecular weight is 350 g/mol. The minimum absolute atomic E-state index is 0.794.